The van der Waals surface area contributed by atoms with Crippen molar-refractivity contribution in [1.82, 2.24) is 10.2 Å². The van der Waals surface area contributed by atoms with E-state index in [1.54, 1.807) is 12.3 Å². The molecule has 0 saturated heterocycles. The van der Waals surface area contributed by atoms with Gasteiger partial charge in [0.25, 0.3) is 0 Å². The highest BCUT2D eigenvalue weighted by Gasteiger charge is 2.15. The van der Waals surface area contributed by atoms with Gasteiger partial charge in [0, 0.05) is 6.07 Å². The van der Waals surface area contributed by atoms with Crippen molar-refractivity contribution in [1.29, 1.82) is 0 Å². The fraction of sp³-hybridized carbons (Fsp3) is 0.556. The number of nitrogens with two attached hydrogens (primary N) is 1. The first-order valence-electron chi connectivity index (χ1n) is 4.65. The molecule has 0 aliphatic heterocycles. The monoisotopic (exact) mass is 196 g/mol. The molecule has 1 rings (SSSR count). The maximum absolute atomic E-state index is 11.5. The second kappa shape index (κ2) is 4.76. The molecule has 1 amide bonds. The molecule has 0 bridgehead atoms. The maximum Gasteiger partial charge on any atom is 0.242 e. The Balaban J connectivity index is 2.42. The molecule has 0 spiro atoms. The fourth-order valence-corrected chi connectivity index (χ4v) is 1.17. The van der Waals surface area contributed by atoms with E-state index in [0.29, 0.717) is 18.2 Å². The number of aromatic nitrogens is 2. The average molecular weight is 196 g/mol. The number of hydrogen-bond acceptors (Lipinski definition) is 3. The number of carbonyl (C=O) groups is 1. The van der Waals surface area contributed by atoms with Crippen LogP contribution >= 0.6 is 0 Å². The Kier molecular flexibility index (Phi) is 3.64. The molecule has 0 aliphatic carbocycles. The van der Waals surface area contributed by atoms with Crippen molar-refractivity contribution in [3.05, 3.63) is 12.3 Å². The van der Waals surface area contributed by atoms with Gasteiger partial charge in [-0.2, -0.15) is 5.10 Å². The predicted molar refractivity (Wildman–Crippen MR) is 54.6 cm³/mol. The van der Waals surface area contributed by atoms with Gasteiger partial charge in [-0.1, -0.05) is 13.8 Å². The Morgan fingerprint density at radius 1 is 1.71 bits per heavy atom. The summed E-state index contributed by atoms with van der Waals surface area (Å²) in [5.74, 6) is 0.815. The molecule has 1 aromatic heterocycles. The second-order valence-corrected chi connectivity index (χ2v) is 3.70. The molecular formula is C9H16N4O. The topological polar surface area (TPSA) is 83.8 Å². The van der Waals surface area contributed by atoms with Crippen molar-refractivity contribution in [3.63, 3.8) is 0 Å². The van der Waals surface area contributed by atoms with Crippen LogP contribution in [0.4, 0.5) is 5.82 Å². The van der Waals surface area contributed by atoms with Crippen LogP contribution in [0.25, 0.3) is 0 Å². The molecule has 1 heterocycles. The van der Waals surface area contributed by atoms with Crippen molar-refractivity contribution in [2.24, 2.45) is 11.7 Å². The first-order valence-corrected chi connectivity index (χ1v) is 4.65. The molecule has 78 valence electrons. The largest absolute Gasteiger partial charge is 0.320 e. The smallest absolute Gasteiger partial charge is 0.242 e. The van der Waals surface area contributed by atoms with E-state index in [0.717, 1.165) is 0 Å². The van der Waals surface area contributed by atoms with E-state index >= 15 is 0 Å². The molecule has 4 N–H and O–H groups in total. The zero-order valence-corrected chi connectivity index (χ0v) is 8.45. The third-order valence-electron chi connectivity index (χ3n) is 1.82. The van der Waals surface area contributed by atoms with Gasteiger partial charge in [0.15, 0.2) is 0 Å². The molecule has 14 heavy (non-hydrogen) atoms. The number of carbonyl (C=O) groups excluding carboxylic acids is 1. The van der Waals surface area contributed by atoms with Gasteiger partial charge in [-0.05, 0) is 12.3 Å². The van der Waals surface area contributed by atoms with Crippen LogP contribution in [0.2, 0.25) is 0 Å². The molecule has 0 aromatic carbocycles. The predicted octanol–water partition coefficient (Wildman–Crippen LogP) is 0.722. The SMILES string of the molecule is CC(C)C[C@H](N)C(=O)Nc1ccn[nH]1. The van der Waals surface area contributed by atoms with Crippen LogP contribution in [0.3, 0.4) is 0 Å². The minimum atomic E-state index is -0.460. The van der Waals surface area contributed by atoms with Crippen LogP contribution in [0, 0.1) is 5.92 Å². The minimum absolute atomic E-state index is 0.178. The van der Waals surface area contributed by atoms with Gasteiger partial charge in [-0.25, -0.2) is 0 Å². The Morgan fingerprint density at radius 3 is 2.93 bits per heavy atom. The van der Waals surface area contributed by atoms with Crippen LogP contribution in [0.1, 0.15) is 20.3 Å². The molecule has 5 heteroatoms. The van der Waals surface area contributed by atoms with Gasteiger partial charge in [0.05, 0.1) is 12.2 Å². The van der Waals surface area contributed by atoms with E-state index in [4.69, 9.17) is 5.73 Å². The molecule has 5 nitrogen and oxygen atoms in total. The first kappa shape index (κ1) is 10.7. The van der Waals surface area contributed by atoms with E-state index in [9.17, 15) is 4.79 Å². The standard InChI is InChI=1S/C9H16N4O/c1-6(2)5-7(10)9(14)12-8-3-4-11-13-8/h3-4,6-7H,5,10H2,1-2H3,(H2,11,12,13,14)/t7-/m0/s1. The number of anilines is 1. The van der Waals surface area contributed by atoms with Crippen molar-refractivity contribution >= 4 is 11.7 Å². The molecular weight excluding hydrogens is 180 g/mol. The number of nitrogens with zero attached hydrogens (tertiary/aromatic N) is 1. The quantitative estimate of drug-likeness (QED) is 0.663. The van der Waals surface area contributed by atoms with Crippen molar-refractivity contribution < 1.29 is 4.79 Å². The van der Waals surface area contributed by atoms with Gasteiger partial charge >= 0.3 is 0 Å². The van der Waals surface area contributed by atoms with Crippen molar-refractivity contribution in [2.75, 3.05) is 5.32 Å². The highest BCUT2D eigenvalue weighted by Crippen LogP contribution is 2.05. The number of rotatable bonds is 4. The normalized spacial score (nSPS) is 12.9. The number of amides is 1. The Morgan fingerprint density at radius 2 is 2.43 bits per heavy atom. The lowest BCUT2D eigenvalue weighted by atomic mass is 10.0. The Bertz CT molecular complexity index is 281. The Hall–Kier alpha value is -1.36. The van der Waals surface area contributed by atoms with E-state index < -0.39 is 6.04 Å². The van der Waals surface area contributed by atoms with E-state index in [1.165, 1.54) is 0 Å². The fourth-order valence-electron chi connectivity index (χ4n) is 1.17. The zero-order chi connectivity index (χ0) is 10.6. The summed E-state index contributed by atoms with van der Waals surface area (Å²) >= 11 is 0. The second-order valence-electron chi connectivity index (χ2n) is 3.70. The van der Waals surface area contributed by atoms with Gasteiger partial charge in [-0.3, -0.25) is 9.89 Å². The summed E-state index contributed by atoms with van der Waals surface area (Å²) in [5.41, 5.74) is 5.69. The molecule has 1 aromatic rings. The van der Waals surface area contributed by atoms with Crippen LogP contribution in [-0.2, 0) is 4.79 Å². The maximum atomic E-state index is 11.5. The number of H-pyrrole nitrogens is 1. The summed E-state index contributed by atoms with van der Waals surface area (Å²) in [5, 5.41) is 9.00. The van der Waals surface area contributed by atoms with Crippen molar-refractivity contribution in [2.45, 2.75) is 26.3 Å². The molecule has 0 fully saturated rings. The highest BCUT2D eigenvalue weighted by atomic mass is 16.2. The Labute approximate surface area is 83.1 Å². The lowest BCUT2D eigenvalue weighted by Crippen LogP contribution is -2.36. The third kappa shape index (κ3) is 3.18. The summed E-state index contributed by atoms with van der Waals surface area (Å²) in [7, 11) is 0. The average Bonchev–Trinajstić information content (AvgIpc) is 2.55. The first-order chi connectivity index (χ1) is 6.59. The van der Waals surface area contributed by atoms with E-state index in [-0.39, 0.29) is 5.91 Å². The van der Waals surface area contributed by atoms with Crippen molar-refractivity contribution in [3.8, 4) is 0 Å². The van der Waals surface area contributed by atoms with Crippen LogP contribution in [0.15, 0.2) is 12.3 Å². The van der Waals surface area contributed by atoms with Crippen LogP contribution in [-0.4, -0.2) is 22.1 Å². The molecule has 0 saturated carbocycles. The molecule has 1 atom stereocenters. The molecule has 0 unspecified atom stereocenters. The summed E-state index contributed by atoms with van der Waals surface area (Å²) in [6.45, 7) is 4.06. The summed E-state index contributed by atoms with van der Waals surface area (Å²) in [6.07, 6.45) is 2.25. The lowest BCUT2D eigenvalue weighted by molar-refractivity contribution is -0.117. The summed E-state index contributed by atoms with van der Waals surface area (Å²) in [4.78, 5) is 11.5. The van der Waals surface area contributed by atoms with Crippen LogP contribution < -0.4 is 11.1 Å². The highest BCUT2D eigenvalue weighted by molar-refractivity contribution is 5.93. The lowest BCUT2D eigenvalue weighted by Gasteiger charge is -2.12. The third-order valence-corrected chi connectivity index (χ3v) is 1.82. The van der Waals surface area contributed by atoms with Crippen LogP contribution in [0.5, 0.6) is 0 Å². The van der Waals surface area contributed by atoms with Gasteiger partial charge < -0.3 is 11.1 Å². The number of hydrogen-bond donors (Lipinski definition) is 3. The van der Waals surface area contributed by atoms with Gasteiger partial charge in [0.1, 0.15) is 5.82 Å². The summed E-state index contributed by atoms with van der Waals surface area (Å²) in [6, 6.07) is 1.22. The summed E-state index contributed by atoms with van der Waals surface area (Å²) < 4.78 is 0. The number of aromatic amines is 1. The van der Waals surface area contributed by atoms with Gasteiger partial charge in [-0.15, -0.1) is 0 Å². The molecule has 0 radical (unpaired) electrons. The molecule has 0 aliphatic rings. The van der Waals surface area contributed by atoms with E-state index in [1.807, 2.05) is 13.8 Å². The van der Waals surface area contributed by atoms with E-state index in [2.05, 4.69) is 15.5 Å². The zero-order valence-electron chi connectivity index (χ0n) is 8.45. The number of nitrogens with one attached hydrogen (secondary N) is 2. The van der Waals surface area contributed by atoms with Gasteiger partial charge in [0.2, 0.25) is 5.91 Å². The minimum Gasteiger partial charge on any atom is -0.320 e.